The Kier molecular flexibility index (Phi) is 8.05. The minimum atomic E-state index is -1.47. The average molecular weight is 297 g/mol. The minimum Gasteiger partial charge on any atom is -0.419 e. The molecule has 0 amide bonds. The molecule has 0 fully saturated rings. The SMILES string of the molecule is CO[SiH](OC)[SiH2]OC(C)(C)C[SiH2]OC(C)(C)C. The average Bonchev–Trinajstić information content (AvgIpc) is 2.16. The molecule has 0 aliphatic carbocycles. The van der Waals surface area contributed by atoms with E-state index in [1.54, 1.807) is 14.2 Å². The zero-order valence-corrected chi connectivity index (χ0v) is 16.3. The highest BCUT2D eigenvalue weighted by atomic mass is 29.2. The predicted octanol–water partition coefficient (Wildman–Crippen LogP) is 0.193. The molecule has 0 saturated carbocycles. The molecule has 0 rings (SSSR count). The van der Waals surface area contributed by atoms with Crippen molar-refractivity contribution >= 4 is 27.8 Å². The van der Waals surface area contributed by atoms with Crippen molar-refractivity contribution in [1.29, 1.82) is 0 Å². The highest BCUT2D eigenvalue weighted by Gasteiger charge is 2.23. The van der Waals surface area contributed by atoms with E-state index in [1.165, 1.54) is 0 Å². The van der Waals surface area contributed by atoms with Crippen LogP contribution >= 0.6 is 0 Å². The Morgan fingerprint density at radius 3 is 1.88 bits per heavy atom. The Balaban J connectivity index is 3.87. The first-order chi connectivity index (χ1) is 7.70. The Bertz CT molecular complexity index is 202. The smallest absolute Gasteiger partial charge is 0.325 e. The molecule has 0 saturated heterocycles. The van der Waals surface area contributed by atoms with E-state index >= 15 is 0 Å². The molecule has 0 bridgehead atoms. The first-order valence-electron chi connectivity index (χ1n) is 6.04. The maximum absolute atomic E-state index is 5.99. The fraction of sp³-hybridized carbons (Fsp3) is 1.00. The van der Waals surface area contributed by atoms with Gasteiger partial charge in [-0.1, -0.05) is 0 Å². The van der Waals surface area contributed by atoms with E-state index in [9.17, 15) is 0 Å². The summed E-state index contributed by atoms with van der Waals surface area (Å²) in [6.07, 6.45) is 0. The zero-order valence-electron chi connectivity index (χ0n) is 12.3. The van der Waals surface area contributed by atoms with Gasteiger partial charge in [0.25, 0.3) is 0 Å². The summed E-state index contributed by atoms with van der Waals surface area (Å²) >= 11 is 0. The molecule has 0 unspecified atom stereocenters. The van der Waals surface area contributed by atoms with Crippen molar-refractivity contribution in [2.24, 2.45) is 0 Å². The lowest BCUT2D eigenvalue weighted by Gasteiger charge is -2.29. The molecular weight excluding hydrogens is 268 g/mol. The van der Waals surface area contributed by atoms with E-state index in [0.29, 0.717) is 0 Å². The molecule has 0 atom stereocenters. The summed E-state index contributed by atoms with van der Waals surface area (Å²) in [7, 11) is 0.748. The molecule has 0 aromatic carbocycles. The molecule has 0 aliphatic rings. The first kappa shape index (κ1) is 17.5. The maximum atomic E-state index is 5.99. The Hall–Kier alpha value is 0.491. The minimum absolute atomic E-state index is 0.0178. The van der Waals surface area contributed by atoms with Crippen LogP contribution in [-0.2, 0) is 17.7 Å². The molecule has 0 aliphatic heterocycles. The second-order valence-corrected chi connectivity index (χ2v) is 12.3. The molecule has 0 spiro atoms. The predicted molar refractivity (Wildman–Crippen MR) is 79.1 cm³/mol. The monoisotopic (exact) mass is 296 g/mol. The summed E-state index contributed by atoms with van der Waals surface area (Å²) in [5, 5.41) is 0. The van der Waals surface area contributed by atoms with Gasteiger partial charge in [0.2, 0.25) is 9.28 Å². The van der Waals surface area contributed by atoms with Crippen LogP contribution in [0.4, 0.5) is 0 Å². The highest BCUT2D eigenvalue weighted by Crippen LogP contribution is 2.16. The van der Waals surface area contributed by atoms with E-state index in [0.717, 1.165) is 6.04 Å². The van der Waals surface area contributed by atoms with Gasteiger partial charge < -0.3 is 17.7 Å². The Labute approximate surface area is 112 Å². The molecule has 104 valence electrons. The Morgan fingerprint density at radius 2 is 1.47 bits per heavy atom. The van der Waals surface area contributed by atoms with E-state index in [4.69, 9.17) is 17.7 Å². The van der Waals surface area contributed by atoms with Crippen molar-refractivity contribution in [3.63, 3.8) is 0 Å². The van der Waals surface area contributed by atoms with Gasteiger partial charge in [0.05, 0.1) is 0 Å². The van der Waals surface area contributed by atoms with Gasteiger partial charge in [0, 0.05) is 25.4 Å². The van der Waals surface area contributed by atoms with Crippen LogP contribution in [0.15, 0.2) is 0 Å². The Morgan fingerprint density at radius 1 is 0.941 bits per heavy atom. The molecule has 17 heavy (non-hydrogen) atoms. The second-order valence-electron chi connectivity index (χ2n) is 5.68. The molecule has 7 heteroatoms. The number of hydrogen-bond acceptors (Lipinski definition) is 4. The third-order valence-corrected chi connectivity index (χ3v) is 10.4. The molecule has 4 nitrogen and oxygen atoms in total. The molecule has 0 heterocycles. The molecule has 0 aromatic rings. The standard InChI is InChI=1S/C10H28O4Si3/c1-9(2,3)13-15-8-10(4,5)14-16-17(11-6)12-7/h17H,8,15-16H2,1-7H3. The topological polar surface area (TPSA) is 36.9 Å². The van der Waals surface area contributed by atoms with Gasteiger partial charge in [0.15, 0.2) is 9.76 Å². The summed E-state index contributed by atoms with van der Waals surface area (Å²) in [5.41, 5.74) is -0.0952. The summed E-state index contributed by atoms with van der Waals surface area (Å²) in [6.45, 7) is 10.6. The summed E-state index contributed by atoms with van der Waals surface area (Å²) < 4.78 is 22.4. The van der Waals surface area contributed by atoms with Gasteiger partial charge in [-0.2, -0.15) is 0 Å². The summed E-state index contributed by atoms with van der Waals surface area (Å²) in [4.78, 5) is 0. The number of hydrogen-bond donors (Lipinski definition) is 0. The van der Waals surface area contributed by atoms with Gasteiger partial charge in [-0.3, -0.25) is 0 Å². The van der Waals surface area contributed by atoms with Crippen LogP contribution < -0.4 is 0 Å². The van der Waals surface area contributed by atoms with Crippen molar-refractivity contribution in [2.45, 2.75) is 51.9 Å². The van der Waals surface area contributed by atoms with E-state index in [2.05, 4.69) is 34.6 Å². The van der Waals surface area contributed by atoms with Gasteiger partial charge in [-0.05, 0) is 40.7 Å². The lowest BCUT2D eigenvalue weighted by atomic mass is 10.2. The van der Waals surface area contributed by atoms with Crippen molar-refractivity contribution < 1.29 is 17.7 Å². The van der Waals surface area contributed by atoms with Crippen molar-refractivity contribution in [3.8, 4) is 0 Å². The van der Waals surface area contributed by atoms with Crippen LogP contribution in [0.25, 0.3) is 0 Å². The summed E-state index contributed by atoms with van der Waals surface area (Å²) in [6, 6.07) is 1.03. The lowest BCUT2D eigenvalue weighted by molar-refractivity contribution is 0.110. The quantitative estimate of drug-likeness (QED) is 0.599. The van der Waals surface area contributed by atoms with Crippen LogP contribution in [0.5, 0.6) is 0 Å². The van der Waals surface area contributed by atoms with E-state index in [1.807, 2.05) is 0 Å². The lowest BCUT2D eigenvalue weighted by Crippen LogP contribution is -2.38. The zero-order chi connectivity index (χ0) is 13.5. The van der Waals surface area contributed by atoms with Crippen LogP contribution in [0.3, 0.4) is 0 Å². The van der Waals surface area contributed by atoms with Gasteiger partial charge in [-0.25, -0.2) is 0 Å². The van der Waals surface area contributed by atoms with E-state index < -0.39 is 27.8 Å². The summed E-state index contributed by atoms with van der Waals surface area (Å²) in [5.74, 6) is 0. The van der Waals surface area contributed by atoms with Gasteiger partial charge >= 0.3 is 8.80 Å². The fourth-order valence-electron chi connectivity index (χ4n) is 1.20. The van der Waals surface area contributed by atoms with E-state index in [-0.39, 0.29) is 11.2 Å². The van der Waals surface area contributed by atoms with Crippen LogP contribution in [0.1, 0.15) is 34.6 Å². The highest BCUT2D eigenvalue weighted by molar-refractivity contribution is 7.02. The van der Waals surface area contributed by atoms with Crippen molar-refractivity contribution in [1.82, 2.24) is 0 Å². The van der Waals surface area contributed by atoms with Crippen molar-refractivity contribution in [2.75, 3.05) is 14.2 Å². The van der Waals surface area contributed by atoms with Crippen molar-refractivity contribution in [3.05, 3.63) is 0 Å². The van der Waals surface area contributed by atoms with Gasteiger partial charge in [0.1, 0.15) is 0 Å². The molecule has 0 radical (unpaired) electrons. The van der Waals surface area contributed by atoms with Crippen LogP contribution in [0.2, 0.25) is 6.04 Å². The third kappa shape index (κ3) is 10.1. The van der Waals surface area contributed by atoms with Gasteiger partial charge in [-0.15, -0.1) is 0 Å². The fourth-order valence-corrected chi connectivity index (χ4v) is 6.61. The third-order valence-electron chi connectivity index (χ3n) is 2.38. The second kappa shape index (κ2) is 7.82. The van der Waals surface area contributed by atoms with Crippen LogP contribution in [0, 0.1) is 0 Å². The van der Waals surface area contributed by atoms with Crippen LogP contribution in [-0.4, -0.2) is 53.3 Å². The number of rotatable bonds is 8. The molecule has 0 N–H and O–H groups in total. The molecular formula is C10H28O4Si3. The largest absolute Gasteiger partial charge is 0.419 e. The maximum Gasteiger partial charge on any atom is 0.325 e. The normalized spacial score (nSPS) is 14.8. The first-order valence-corrected chi connectivity index (χ1v) is 12.4. The molecule has 0 aromatic heterocycles.